The lowest BCUT2D eigenvalue weighted by atomic mass is 9.98. The van der Waals surface area contributed by atoms with Crippen LogP contribution in [0, 0.1) is 0 Å². The number of allylic oxidation sites excluding steroid dienone is 3. The topological polar surface area (TPSA) is 20.2 Å². The second-order valence-electron chi connectivity index (χ2n) is 3.72. The van der Waals surface area contributed by atoms with Crippen LogP contribution in [0.2, 0.25) is 0 Å². The maximum atomic E-state index is 9.53. The molecule has 1 heteroatoms. The van der Waals surface area contributed by atoms with E-state index < -0.39 is 5.60 Å². The zero-order valence-electron chi connectivity index (χ0n) is 10.7. The summed E-state index contributed by atoms with van der Waals surface area (Å²) in [5, 5.41) is 9.53. The summed E-state index contributed by atoms with van der Waals surface area (Å²) in [5.74, 6) is 0. The summed E-state index contributed by atoms with van der Waals surface area (Å²) >= 11 is 0. The third-order valence-electron chi connectivity index (χ3n) is 1.82. The summed E-state index contributed by atoms with van der Waals surface area (Å²) < 4.78 is 0. The van der Waals surface area contributed by atoms with Gasteiger partial charge in [0.15, 0.2) is 0 Å². The molecule has 1 nitrogen and oxygen atoms in total. The van der Waals surface area contributed by atoms with Crippen LogP contribution in [0.3, 0.4) is 0 Å². The van der Waals surface area contributed by atoms with Gasteiger partial charge in [0, 0.05) is 0 Å². The molecule has 0 aliphatic rings. The second-order valence-corrected chi connectivity index (χ2v) is 3.72. The van der Waals surface area contributed by atoms with E-state index in [1.165, 1.54) is 0 Å². The van der Waals surface area contributed by atoms with Crippen molar-refractivity contribution in [3.8, 4) is 0 Å². The molecule has 0 aromatic rings. The van der Waals surface area contributed by atoms with E-state index in [0.717, 1.165) is 11.1 Å². The Morgan fingerprint density at radius 1 is 1.07 bits per heavy atom. The van der Waals surface area contributed by atoms with Gasteiger partial charge in [-0.25, -0.2) is 0 Å². The van der Waals surface area contributed by atoms with Gasteiger partial charge in [-0.05, 0) is 31.9 Å². The smallest absolute Gasteiger partial charge is 0.0834 e. The van der Waals surface area contributed by atoms with E-state index in [1.807, 2.05) is 26.8 Å². The van der Waals surface area contributed by atoms with Crippen LogP contribution in [0.1, 0.15) is 34.6 Å². The molecule has 15 heavy (non-hydrogen) atoms. The molecule has 0 unspecified atom stereocenters. The Kier molecular flexibility index (Phi) is 7.90. The number of hydrogen-bond donors (Lipinski definition) is 1. The lowest BCUT2D eigenvalue weighted by Gasteiger charge is -2.17. The average Bonchev–Trinajstić information content (AvgIpc) is 2.15. The van der Waals surface area contributed by atoms with Crippen LogP contribution >= 0.6 is 0 Å². The first-order chi connectivity index (χ1) is 6.75. The zero-order valence-corrected chi connectivity index (χ0v) is 10.7. The van der Waals surface area contributed by atoms with Gasteiger partial charge in [0.05, 0.1) is 5.60 Å². The Hall–Kier alpha value is -1.08. The van der Waals surface area contributed by atoms with Gasteiger partial charge in [-0.15, -0.1) is 0 Å². The van der Waals surface area contributed by atoms with Crippen molar-refractivity contribution in [2.24, 2.45) is 0 Å². The average molecular weight is 208 g/mol. The molecule has 0 aromatic heterocycles. The van der Waals surface area contributed by atoms with Crippen molar-refractivity contribution in [1.29, 1.82) is 0 Å². The van der Waals surface area contributed by atoms with Crippen LogP contribution in [-0.2, 0) is 0 Å². The molecular weight excluding hydrogens is 184 g/mol. The van der Waals surface area contributed by atoms with Crippen molar-refractivity contribution < 1.29 is 5.11 Å². The highest BCUT2D eigenvalue weighted by Crippen LogP contribution is 2.16. The van der Waals surface area contributed by atoms with E-state index in [9.17, 15) is 5.11 Å². The Morgan fingerprint density at radius 3 is 1.73 bits per heavy atom. The van der Waals surface area contributed by atoms with Crippen LogP contribution in [0.15, 0.2) is 48.6 Å². The van der Waals surface area contributed by atoms with Crippen molar-refractivity contribution in [3.05, 3.63) is 48.6 Å². The molecule has 0 saturated heterocycles. The summed E-state index contributed by atoms with van der Waals surface area (Å²) in [6.45, 7) is 20.6. The molecule has 0 heterocycles. The maximum absolute atomic E-state index is 9.53. The lowest BCUT2D eigenvalue weighted by molar-refractivity contribution is 0.124. The minimum absolute atomic E-state index is 0.662. The molecule has 0 aliphatic heterocycles. The summed E-state index contributed by atoms with van der Waals surface area (Å²) in [6.07, 6.45) is 3.57. The van der Waals surface area contributed by atoms with E-state index in [1.54, 1.807) is 19.9 Å². The zero-order chi connectivity index (χ0) is 12.6. The fourth-order valence-electron chi connectivity index (χ4n) is 0.547. The fourth-order valence-corrected chi connectivity index (χ4v) is 0.547. The van der Waals surface area contributed by atoms with E-state index >= 15 is 0 Å². The van der Waals surface area contributed by atoms with E-state index in [0.29, 0.717) is 5.57 Å². The molecule has 0 bridgehead atoms. The minimum atomic E-state index is -0.869. The van der Waals surface area contributed by atoms with Crippen LogP contribution in [0.4, 0.5) is 0 Å². The van der Waals surface area contributed by atoms with Crippen LogP contribution in [0.25, 0.3) is 0 Å². The molecule has 0 aliphatic carbocycles. The highest BCUT2D eigenvalue weighted by Gasteiger charge is 2.13. The number of aliphatic hydroxyl groups is 1. The van der Waals surface area contributed by atoms with Crippen LogP contribution in [-0.4, -0.2) is 10.7 Å². The second kappa shape index (κ2) is 7.24. The standard InChI is InChI=1S/C12H18O.C2H6/c1-9(2)10(3)7-8-11(4)12(5,6)13;1-2/h7-8,13H,1,3-4H2,2,5-6H3;1-2H3/b8-7-;. The Balaban J connectivity index is 0. The first kappa shape index (κ1) is 16.4. The highest BCUT2D eigenvalue weighted by molar-refractivity contribution is 5.38. The SMILES string of the molecule is C=C(C)C(=C)/C=C\C(=C)C(C)(C)O.CC. The van der Waals surface area contributed by atoms with Gasteiger partial charge in [-0.2, -0.15) is 0 Å². The van der Waals surface area contributed by atoms with Gasteiger partial charge in [-0.1, -0.05) is 51.3 Å². The van der Waals surface area contributed by atoms with E-state index in [4.69, 9.17) is 0 Å². The Bertz CT molecular complexity index is 262. The largest absolute Gasteiger partial charge is 0.386 e. The molecule has 0 fully saturated rings. The first-order valence-corrected chi connectivity index (χ1v) is 5.19. The van der Waals surface area contributed by atoms with Crippen molar-refractivity contribution in [1.82, 2.24) is 0 Å². The third-order valence-corrected chi connectivity index (χ3v) is 1.82. The molecule has 0 radical (unpaired) electrons. The van der Waals surface area contributed by atoms with Crippen molar-refractivity contribution in [3.63, 3.8) is 0 Å². The van der Waals surface area contributed by atoms with Crippen LogP contribution in [0.5, 0.6) is 0 Å². The summed E-state index contributed by atoms with van der Waals surface area (Å²) in [6, 6.07) is 0. The van der Waals surface area contributed by atoms with E-state index in [-0.39, 0.29) is 0 Å². The maximum Gasteiger partial charge on any atom is 0.0834 e. The van der Waals surface area contributed by atoms with E-state index in [2.05, 4.69) is 19.7 Å². The summed E-state index contributed by atoms with van der Waals surface area (Å²) in [7, 11) is 0. The van der Waals surface area contributed by atoms with Gasteiger partial charge in [0.25, 0.3) is 0 Å². The van der Waals surface area contributed by atoms with Gasteiger partial charge in [0.2, 0.25) is 0 Å². The molecule has 86 valence electrons. The molecular formula is C14H24O. The molecule has 0 amide bonds. The van der Waals surface area contributed by atoms with Gasteiger partial charge < -0.3 is 5.11 Å². The quantitative estimate of drug-likeness (QED) is 0.692. The monoisotopic (exact) mass is 208 g/mol. The van der Waals surface area contributed by atoms with Crippen molar-refractivity contribution >= 4 is 0 Å². The highest BCUT2D eigenvalue weighted by atomic mass is 16.3. The lowest BCUT2D eigenvalue weighted by Crippen LogP contribution is -2.19. The summed E-state index contributed by atoms with van der Waals surface area (Å²) in [5.41, 5.74) is 1.56. The predicted molar refractivity (Wildman–Crippen MR) is 69.9 cm³/mol. The molecule has 0 atom stereocenters. The van der Waals surface area contributed by atoms with Crippen molar-refractivity contribution in [2.45, 2.75) is 40.2 Å². The number of hydrogen-bond acceptors (Lipinski definition) is 1. The minimum Gasteiger partial charge on any atom is -0.386 e. The molecule has 0 spiro atoms. The predicted octanol–water partition coefficient (Wildman–Crippen LogP) is 4.03. The third kappa shape index (κ3) is 7.95. The van der Waals surface area contributed by atoms with Crippen molar-refractivity contribution in [2.75, 3.05) is 0 Å². The fraction of sp³-hybridized carbons (Fsp3) is 0.429. The van der Waals surface area contributed by atoms with Gasteiger partial charge in [0.1, 0.15) is 0 Å². The summed E-state index contributed by atoms with van der Waals surface area (Å²) in [4.78, 5) is 0. The Morgan fingerprint density at radius 2 is 1.47 bits per heavy atom. The molecule has 0 saturated carbocycles. The normalized spacial score (nSPS) is 10.5. The molecule has 0 aromatic carbocycles. The first-order valence-electron chi connectivity index (χ1n) is 5.19. The van der Waals surface area contributed by atoms with Crippen LogP contribution < -0.4 is 0 Å². The number of rotatable bonds is 4. The van der Waals surface area contributed by atoms with Gasteiger partial charge >= 0.3 is 0 Å². The van der Waals surface area contributed by atoms with Gasteiger partial charge in [-0.3, -0.25) is 0 Å². The molecule has 1 N–H and O–H groups in total. The Labute approximate surface area is 94.5 Å². The molecule has 0 rings (SSSR count).